The van der Waals surface area contributed by atoms with Crippen molar-refractivity contribution in [3.8, 4) is 5.75 Å². The molecule has 0 bridgehead atoms. The Bertz CT molecular complexity index is 963. The molecule has 0 unspecified atom stereocenters. The van der Waals surface area contributed by atoms with Gasteiger partial charge >= 0.3 is 5.97 Å². The number of ether oxygens (including phenoxy) is 2. The van der Waals surface area contributed by atoms with Crippen LogP contribution in [0.15, 0.2) is 57.7 Å². The molecule has 128 valence electrons. The van der Waals surface area contributed by atoms with Gasteiger partial charge in [0.05, 0.1) is 5.39 Å². The van der Waals surface area contributed by atoms with Gasteiger partial charge in [0.25, 0.3) is 0 Å². The summed E-state index contributed by atoms with van der Waals surface area (Å²) >= 11 is 11.6. The zero-order valence-electron chi connectivity index (χ0n) is 12.8. The van der Waals surface area contributed by atoms with Crippen molar-refractivity contribution in [3.05, 3.63) is 74.6 Å². The maximum atomic E-state index is 12.0. The van der Waals surface area contributed by atoms with E-state index in [0.29, 0.717) is 21.2 Å². The Kier molecular flexibility index (Phi) is 5.26. The third-order valence-corrected chi connectivity index (χ3v) is 3.78. The number of hydrogen-bond donors (Lipinski definition) is 0. The van der Waals surface area contributed by atoms with Gasteiger partial charge in [-0.1, -0.05) is 23.2 Å². The molecular weight excluding hydrogens is 367 g/mol. The Hall–Kier alpha value is -2.50. The molecule has 0 aliphatic heterocycles. The van der Waals surface area contributed by atoms with E-state index in [0.717, 1.165) is 6.07 Å². The minimum absolute atomic E-state index is 0.00379. The van der Waals surface area contributed by atoms with Gasteiger partial charge in [-0.3, -0.25) is 4.79 Å². The number of fused-ring (bicyclic) bond motifs is 1. The second-order valence-corrected chi connectivity index (χ2v) is 5.93. The van der Waals surface area contributed by atoms with Crippen LogP contribution >= 0.6 is 23.2 Å². The van der Waals surface area contributed by atoms with E-state index in [1.54, 1.807) is 30.3 Å². The number of benzene rings is 2. The zero-order valence-corrected chi connectivity index (χ0v) is 14.3. The average Bonchev–Trinajstić information content (AvgIpc) is 2.60. The van der Waals surface area contributed by atoms with Crippen LogP contribution in [0.1, 0.15) is 10.6 Å². The molecule has 5 nitrogen and oxygen atoms in total. The van der Waals surface area contributed by atoms with E-state index in [4.69, 9.17) is 37.1 Å². The molecule has 1 aromatic heterocycles. The number of esters is 1. The summed E-state index contributed by atoms with van der Waals surface area (Å²) in [6, 6.07) is 12.5. The Balaban J connectivity index is 1.61. The van der Waals surface area contributed by atoms with Crippen molar-refractivity contribution < 1.29 is 18.7 Å². The number of hydrogen-bond acceptors (Lipinski definition) is 5. The molecule has 25 heavy (non-hydrogen) atoms. The second-order valence-electron chi connectivity index (χ2n) is 5.05. The van der Waals surface area contributed by atoms with Gasteiger partial charge in [0.2, 0.25) is 5.76 Å². The van der Waals surface area contributed by atoms with Crippen LogP contribution in [-0.2, 0) is 4.74 Å². The molecule has 0 amide bonds. The first-order valence-corrected chi connectivity index (χ1v) is 8.07. The van der Waals surface area contributed by atoms with Gasteiger partial charge in [-0.25, -0.2) is 4.79 Å². The number of carbonyl (C=O) groups is 1. The van der Waals surface area contributed by atoms with Crippen LogP contribution in [-0.4, -0.2) is 19.2 Å². The first-order chi connectivity index (χ1) is 12.0. The number of rotatable bonds is 5. The van der Waals surface area contributed by atoms with Gasteiger partial charge in [0.1, 0.15) is 24.5 Å². The lowest BCUT2D eigenvalue weighted by molar-refractivity contribution is 0.0415. The lowest BCUT2D eigenvalue weighted by atomic mass is 10.2. The SMILES string of the molecule is O=C(OCCOc1ccc(Cl)cc1)c1cc(=O)c2cc(Cl)ccc2o1. The first kappa shape index (κ1) is 17.3. The van der Waals surface area contributed by atoms with Crippen molar-refractivity contribution in [2.24, 2.45) is 0 Å². The quantitative estimate of drug-likeness (QED) is 0.488. The molecule has 3 rings (SSSR count). The molecule has 0 saturated carbocycles. The maximum absolute atomic E-state index is 12.0. The fourth-order valence-electron chi connectivity index (χ4n) is 2.12. The molecular formula is C18H12Cl2O5. The fraction of sp³-hybridized carbons (Fsp3) is 0.111. The van der Waals surface area contributed by atoms with Gasteiger partial charge in [0.15, 0.2) is 5.43 Å². The standard InChI is InChI=1S/C18H12Cl2O5/c19-11-1-4-13(5-2-11)23-7-8-24-18(22)17-10-15(21)14-9-12(20)3-6-16(14)25-17/h1-6,9-10H,7-8H2. The molecule has 0 spiro atoms. The molecule has 0 fully saturated rings. The predicted octanol–water partition coefficient (Wildman–Crippen LogP) is 4.34. The largest absolute Gasteiger partial charge is 0.490 e. The number of halogens is 2. The lowest BCUT2D eigenvalue weighted by Gasteiger charge is -2.07. The topological polar surface area (TPSA) is 65.7 Å². The highest BCUT2D eigenvalue weighted by molar-refractivity contribution is 6.31. The van der Waals surface area contributed by atoms with Crippen molar-refractivity contribution in [2.45, 2.75) is 0 Å². The summed E-state index contributed by atoms with van der Waals surface area (Å²) in [5.74, 6) is -0.311. The first-order valence-electron chi connectivity index (χ1n) is 7.32. The van der Waals surface area contributed by atoms with E-state index in [1.807, 2.05) is 0 Å². The van der Waals surface area contributed by atoms with Crippen LogP contribution in [0.5, 0.6) is 5.75 Å². The Morgan fingerprint density at radius 2 is 1.68 bits per heavy atom. The molecule has 0 radical (unpaired) electrons. The summed E-state index contributed by atoms with van der Waals surface area (Å²) in [7, 11) is 0. The normalized spacial score (nSPS) is 10.6. The van der Waals surface area contributed by atoms with Crippen LogP contribution in [0, 0.1) is 0 Å². The van der Waals surface area contributed by atoms with Crippen molar-refractivity contribution in [1.29, 1.82) is 0 Å². The molecule has 7 heteroatoms. The van der Waals surface area contributed by atoms with E-state index < -0.39 is 5.97 Å². The number of carbonyl (C=O) groups excluding carboxylic acids is 1. The minimum atomic E-state index is -0.742. The van der Waals surface area contributed by atoms with E-state index in [-0.39, 0.29) is 30.0 Å². The van der Waals surface area contributed by atoms with Crippen LogP contribution in [0.2, 0.25) is 10.0 Å². The van der Waals surface area contributed by atoms with Crippen LogP contribution in [0.4, 0.5) is 0 Å². The van der Waals surface area contributed by atoms with E-state index >= 15 is 0 Å². The van der Waals surface area contributed by atoms with Crippen LogP contribution in [0.25, 0.3) is 11.0 Å². The Morgan fingerprint density at radius 3 is 2.44 bits per heavy atom. The van der Waals surface area contributed by atoms with E-state index in [9.17, 15) is 9.59 Å². The predicted molar refractivity (Wildman–Crippen MR) is 94.7 cm³/mol. The fourth-order valence-corrected chi connectivity index (χ4v) is 2.42. The molecule has 0 aliphatic carbocycles. The third kappa shape index (κ3) is 4.32. The van der Waals surface area contributed by atoms with Gasteiger partial charge < -0.3 is 13.9 Å². The second kappa shape index (κ2) is 7.59. The van der Waals surface area contributed by atoms with E-state index in [2.05, 4.69) is 0 Å². The molecule has 1 heterocycles. The smallest absolute Gasteiger partial charge is 0.374 e. The summed E-state index contributed by atoms with van der Waals surface area (Å²) in [5.41, 5.74) is -0.102. The maximum Gasteiger partial charge on any atom is 0.374 e. The summed E-state index contributed by atoms with van der Waals surface area (Å²) in [5, 5.41) is 1.32. The summed E-state index contributed by atoms with van der Waals surface area (Å²) < 4.78 is 15.9. The van der Waals surface area contributed by atoms with Crippen LogP contribution < -0.4 is 10.2 Å². The molecule has 0 aliphatic rings. The molecule has 0 saturated heterocycles. The molecule has 2 aromatic carbocycles. The van der Waals surface area contributed by atoms with E-state index in [1.165, 1.54) is 12.1 Å². The monoisotopic (exact) mass is 378 g/mol. The lowest BCUT2D eigenvalue weighted by Crippen LogP contribution is -2.14. The average molecular weight is 379 g/mol. The zero-order chi connectivity index (χ0) is 17.8. The van der Waals surface area contributed by atoms with Gasteiger partial charge in [-0.05, 0) is 42.5 Å². The van der Waals surface area contributed by atoms with Crippen molar-refractivity contribution in [3.63, 3.8) is 0 Å². The van der Waals surface area contributed by atoms with Gasteiger partial charge in [-0.15, -0.1) is 0 Å². The van der Waals surface area contributed by atoms with Gasteiger partial charge in [-0.2, -0.15) is 0 Å². The van der Waals surface area contributed by atoms with Crippen molar-refractivity contribution >= 4 is 40.1 Å². The third-order valence-electron chi connectivity index (χ3n) is 3.29. The van der Waals surface area contributed by atoms with Crippen molar-refractivity contribution in [2.75, 3.05) is 13.2 Å². The van der Waals surface area contributed by atoms with Crippen LogP contribution in [0.3, 0.4) is 0 Å². The molecule has 0 N–H and O–H groups in total. The molecule has 0 atom stereocenters. The summed E-state index contributed by atoms with van der Waals surface area (Å²) in [6.45, 7) is 0.157. The highest BCUT2D eigenvalue weighted by Gasteiger charge is 2.14. The highest BCUT2D eigenvalue weighted by atomic mass is 35.5. The van der Waals surface area contributed by atoms with Gasteiger partial charge in [0, 0.05) is 16.1 Å². The minimum Gasteiger partial charge on any atom is -0.490 e. The summed E-state index contributed by atoms with van der Waals surface area (Å²) in [4.78, 5) is 24.0. The summed E-state index contributed by atoms with van der Waals surface area (Å²) in [6.07, 6.45) is 0. The van der Waals surface area contributed by atoms with Crippen molar-refractivity contribution in [1.82, 2.24) is 0 Å². The molecule has 3 aromatic rings. The highest BCUT2D eigenvalue weighted by Crippen LogP contribution is 2.18. The Morgan fingerprint density at radius 1 is 0.960 bits per heavy atom. The Labute approximate surface area is 152 Å².